The molecule has 1 saturated heterocycles. The van der Waals surface area contributed by atoms with Gasteiger partial charge < -0.3 is 15.8 Å². The van der Waals surface area contributed by atoms with Gasteiger partial charge in [0, 0.05) is 6.42 Å². The standard InChI is InChI=1S/C19H22N2O4S/c20-18(22)14-19(10-12-21-13-11-19)26(23,24)17-8-6-16(7-9-17)25-15-4-2-1-3-5-15/h1-9,21H,10-14H2,(H2,20,22). The van der Waals surface area contributed by atoms with Gasteiger partial charge in [-0.25, -0.2) is 8.42 Å². The van der Waals surface area contributed by atoms with Gasteiger partial charge in [0.2, 0.25) is 5.91 Å². The summed E-state index contributed by atoms with van der Waals surface area (Å²) in [5.41, 5.74) is 5.35. The van der Waals surface area contributed by atoms with Crippen LogP contribution >= 0.6 is 0 Å². The molecule has 0 atom stereocenters. The zero-order chi connectivity index (χ0) is 18.6. The number of sulfone groups is 1. The van der Waals surface area contributed by atoms with Crippen molar-refractivity contribution in [3.63, 3.8) is 0 Å². The zero-order valence-corrected chi connectivity index (χ0v) is 15.2. The molecule has 3 rings (SSSR count). The van der Waals surface area contributed by atoms with Crippen LogP contribution in [0.5, 0.6) is 11.5 Å². The summed E-state index contributed by atoms with van der Waals surface area (Å²) in [7, 11) is -3.70. The van der Waals surface area contributed by atoms with Crippen LogP contribution in [0.3, 0.4) is 0 Å². The Morgan fingerprint density at radius 2 is 1.58 bits per heavy atom. The van der Waals surface area contributed by atoms with Crippen LogP contribution in [0.25, 0.3) is 0 Å². The van der Waals surface area contributed by atoms with Gasteiger partial charge in [0.1, 0.15) is 11.5 Å². The number of rotatable bonds is 6. The molecule has 6 nitrogen and oxygen atoms in total. The molecule has 0 unspecified atom stereocenters. The molecule has 2 aromatic carbocycles. The number of amides is 1. The van der Waals surface area contributed by atoms with Gasteiger partial charge in [-0.2, -0.15) is 0 Å². The van der Waals surface area contributed by atoms with Crippen molar-refractivity contribution in [3.05, 3.63) is 54.6 Å². The number of primary amides is 1. The average molecular weight is 374 g/mol. The minimum atomic E-state index is -3.70. The Bertz CT molecular complexity index is 858. The maximum absolute atomic E-state index is 13.2. The molecule has 0 bridgehead atoms. The predicted molar refractivity (Wildman–Crippen MR) is 98.8 cm³/mol. The number of benzene rings is 2. The fourth-order valence-corrected chi connectivity index (χ4v) is 5.37. The van der Waals surface area contributed by atoms with E-state index in [0.717, 1.165) is 0 Å². The van der Waals surface area contributed by atoms with Crippen molar-refractivity contribution in [2.75, 3.05) is 13.1 Å². The Kier molecular flexibility index (Phi) is 5.29. The van der Waals surface area contributed by atoms with Crippen molar-refractivity contribution < 1.29 is 17.9 Å². The molecule has 0 aliphatic carbocycles. The van der Waals surface area contributed by atoms with E-state index in [1.54, 1.807) is 12.1 Å². The van der Waals surface area contributed by atoms with Gasteiger partial charge in [-0.1, -0.05) is 18.2 Å². The normalized spacial score (nSPS) is 16.8. The number of piperidine rings is 1. The minimum Gasteiger partial charge on any atom is -0.457 e. The van der Waals surface area contributed by atoms with Crippen molar-refractivity contribution in [1.82, 2.24) is 5.32 Å². The zero-order valence-electron chi connectivity index (χ0n) is 14.4. The highest BCUT2D eigenvalue weighted by molar-refractivity contribution is 7.92. The van der Waals surface area contributed by atoms with Gasteiger partial charge in [0.05, 0.1) is 9.64 Å². The average Bonchev–Trinajstić information content (AvgIpc) is 2.63. The first kappa shape index (κ1) is 18.4. The van der Waals surface area contributed by atoms with Gasteiger partial charge >= 0.3 is 0 Å². The Labute approximate surface area is 153 Å². The number of carbonyl (C=O) groups excluding carboxylic acids is 1. The maximum Gasteiger partial charge on any atom is 0.219 e. The highest BCUT2D eigenvalue weighted by atomic mass is 32.2. The largest absolute Gasteiger partial charge is 0.457 e. The summed E-state index contributed by atoms with van der Waals surface area (Å²) >= 11 is 0. The molecule has 3 N–H and O–H groups in total. The Morgan fingerprint density at radius 3 is 2.15 bits per heavy atom. The van der Waals surface area contributed by atoms with Gasteiger partial charge in [-0.05, 0) is 62.3 Å². The first-order valence-corrected chi connectivity index (χ1v) is 9.98. The van der Waals surface area contributed by atoms with Gasteiger partial charge in [-0.3, -0.25) is 4.79 Å². The third kappa shape index (κ3) is 3.73. The highest BCUT2D eigenvalue weighted by Crippen LogP contribution is 2.37. The van der Waals surface area contributed by atoms with Gasteiger partial charge in [-0.15, -0.1) is 0 Å². The number of ether oxygens (including phenoxy) is 1. The van der Waals surface area contributed by atoms with Crippen molar-refractivity contribution in [3.8, 4) is 11.5 Å². The topological polar surface area (TPSA) is 98.5 Å². The second kappa shape index (κ2) is 7.47. The molecule has 138 valence electrons. The maximum atomic E-state index is 13.2. The monoisotopic (exact) mass is 374 g/mol. The summed E-state index contributed by atoms with van der Waals surface area (Å²) in [6.07, 6.45) is 0.556. The van der Waals surface area contributed by atoms with Crippen LogP contribution in [0.15, 0.2) is 59.5 Å². The summed E-state index contributed by atoms with van der Waals surface area (Å²) in [4.78, 5) is 11.7. The van der Waals surface area contributed by atoms with E-state index in [4.69, 9.17) is 10.5 Å². The summed E-state index contributed by atoms with van der Waals surface area (Å²) in [6.45, 7) is 1.09. The molecular formula is C19H22N2O4S. The van der Waals surface area contributed by atoms with Crippen LogP contribution in [0, 0.1) is 0 Å². The smallest absolute Gasteiger partial charge is 0.219 e. The number of hydrogen-bond donors (Lipinski definition) is 2. The fraction of sp³-hybridized carbons (Fsp3) is 0.316. The molecule has 1 aliphatic heterocycles. The molecular weight excluding hydrogens is 352 g/mol. The lowest BCUT2D eigenvalue weighted by Gasteiger charge is -2.36. The molecule has 7 heteroatoms. The highest BCUT2D eigenvalue weighted by Gasteiger charge is 2.46. The second-order valence-corrected chi connectivity index (χ2v) is 8.81. The van der Waals surface area contributed by atoms with E-state index in [1.807, 2.05) is 30.3 Å². The molecule has 26 heavy (non-hydrogen) atoms. The van der Waals surface area contributed by atoms with E-state index in [-0.39, 0.29) is 11.3 Å². The van der Waals surface area contributed by atoms with Gasteiger partial charge in [0.15, 0.2) is 9.84 Å². The van der Waals surface area contributed by atoms with Crippen molar-refractivity contribution >= 4 is 15.7 Å². The van der Waals surface area contributed by atoms with Crippen molar-refractivity contribution in [1.29, 1.82) is 0 Å². The molecule has 0 spiro atoms. The number of hydrogen-bond acceptors (Lipinski definition) is 5. The number of para-hydroxylation sites is 1. The lowest BCUT2D eigenvalue weighted by atomic mass is 9.93. The SMILES string of the molecule is NC(=O)CC1(S(=O)(=O)c2ccc(Oc3ccccc3)cc2)CCNCC1. The first-order chi connectivity index (χ1) is 12.4. The lowest BCUT2D eigenvalue weighted by molar-refractivity contribution is -0.118. The molecule has 0 aromatic heterocycles. The molecule has 1 aliphatic rings. The van der Waals surface area contributed by atoms with E-state index in [9.17, 15) is 13.2 Å². The summed E-state index contributed by atoms with van der Waals surface area (Å²) in [6, 6.07) is 15.6. The van der Waals surface area contributed by atoms with E-state index in [1.165, 1.54) is 12.1 Å². The van der Waals surface area contributed by atoms with E-state index in [2.05, 4.69) is 5.32 Å². The molecule has 1 amide bonds. The van der Waals surface area contributed by atoms with Gasteiger partial charge in [0.25, 0.3) is 0 Å². The third-order valence-corrected chi connectivity index (χ3v) is 7.28. The summed E-state index contributed by atoms with van der Waals surface area (Å²) in [5.74, 6) is 0.621. The van der Waals surface area contributed by atoms with Crippen LogP contribution in [0.4, 0.5) is 0 Å². The van der Waals surface area contributed by atoms with Crippen molar-refractivity contribution in [2.45, 2.75) is 28.9 Å². The predicted octanol–water partition coefficient (Wildman–Crippen LogP) is 2.25. The Hall–Kier alpha value is -2.38. The lowest BCUT2D eigenvalue weighted by Crippen LogP contribution is -2.49. The van der Waals surface area contributed by atoms with E-state index >= 15 is 0 Å². The second-order valence-electron chi connectivity index (χ2n) is 6.47. The van der Waals surface area contributed by atoms with Crippen LogP contribution < -0.4 is 15.8 Å². The van der Waals surface area contributed by atoms with Crippen molar-refractivity contribution in [2.24, 2.45) is 5.73 Å². The third-order valence-electron chi connectivity index (χ3n) is 4.69. The quantitative estimate of drug-likeness (QED) is 0.808. The fourth-order valence-electron chi connectivity index (χ4n) is 3.30. The minimum absolute atomic E-state index is 0.167. The molecule has 0 saturated carbocycles. The van der Waals surface area contributed by atoms with Crippen LogP contribution in [0.2, 0.25) is 0 Å². The number of nitrogens with one attached hydrogen (secondary N) is 1. The summed E-state index contributed by atoms with van der Waals surface area (Å²) in [5, 5.41) is 3.14. The van der Waals surface area contributed by atoms with Crippen LogP contribution in [-0.2, 0) is 14.6 Å². The molecule has 1 heterocycles. The molecule has 2 aromatic rings. The van der Waals surface area contributed by atoms with E-state index in [0.29, 0.717) is 37.4 Å². The number of carbonyl (C=O) groups is 1. The number of nitrogens with two attached hydrogens (primary N) is 1. The first-order valence-electron chi connectivity index (χ1n) is 8.50. The Balaban J connectivity index is 1.87. The summed E-state index contributed by atoms with van der Waals surface area (Å²) < 4.78 is 31.0. The van der Waals surface area contributed by atoms with Crippen LogP contribution in [-0.4, -0.2) is 32.2 Å². The molecule has 0 radical (unpaired) electrons. The molecule has 1 fully saturated rings. The van der Waals surface area contributed by atoms with Crippen LogP contribution in [0.1, 0.15) is 19.3 Å². The Morgan fingerprint density at radius 1 is 1.00 bits per heavy atom. The van der Waals surface area contributed by atoms with E-state index < -0.39 is 20.5 Å².